The summed E-state index contributed by atoms with van der Waals surface area (Å²) in [6, 6.07) is 8.02. The Hall–Kier alpha value is -0.840. The number of thiazole rings is 1. The van der Waals surface area contributed by atoms with E-state index in [2.05, 4.69) is 31.1 Å². The van der Waals surface area contributed by atoms with Crippen LogP contribution in [0.25, 0.3) is 0 Å². The van der Waals surface area contributed by atoms with E-state index in [1.54, 1.807) is 23.1 Å². The highest BCUT2D eigenvalue weighted by atomic mass is 32.2. The Morgan fingerprint density at radius 2 is 1.89 bits per heavy atom. The van der Waals surface area contributed by atoms with E-state index in [1.807, 2.05) is 24.3 Å². The third-order valence-electron chi connectivity index (χ3n) is 2.69. The Bertz CT molecular complexity index is 526. The van der Waals surface area contributed by atoms with Gasteiger partial charge in [-0.2, -0.15) is 0 Å². The molecule has 0 aliphatic rings. The van der Waals surface area contributed by atoms with Crippen LogP contribution >= 0.6 is 23.1 Å². The zero-order valence-electron chi connectivity index (χ0n) is 11.5. The molecule has 2 rings (SSSR count). The summed E-state index contributed by atoms with van der Waals surface area (Å²) in [5, 5.41) is 12.3. The fourth-order valence-electron chi connectivity index (χ4n) is 1.57. The third-order valence-corrected chi connectivity index (χ3v) is 5.05. The summed E-state index contributed by atoms with van der Waals surface area (Å²) in [6.45, 7) is 6.68. The molecule has 1 aromatic heterocycles. The maximum absolute atomic E-state index is 9.00. The SMILES string of the molecule is CC(C)(C)c1nc(CSc2ccc(CO)cc2)cs1. The molecule has 2 nitrogen and oxygen atoms in total. The summed E-state index contributed by atoms with van der Waals surface area (Å²) in [6.07, 6.45) is 0. The Labute approximate surface area is 122 Å². The first-order valence-electron chi connectivity index (χ1n) is 6.26. The molecule has 0 bridgehead atoms. The highest BCUT2D eigenvalue weighted by molar-refractivity contribution is 7.98. The van der Waals surface area contributed by atoms with Gasteiger partial charge in [-0.3, -0.25) is 0 Å². The normalized spacial score (nSPS) is 11.8. The van der Waals surface area contributed by atoms with Crippen molar-refractivity contribution in [2.75, 3.05) is 0 Å². The lowest BCUT2D eigenvalue weighted by atomic mass is 9.98. The molecular weight excluding hydrogens is 274 g/mol. The molecule has 0 spiro atoms. The minimum atomic E-state index is 0.103. The van der Waals surface area contributed by atoms with Gasteiger partial charge in [-0.05, 0) is 17.7 Å². The van der Waals surface area contributed by atoms with Crippen molar-refractivity contribution in [3.05, 3.63) is 45.9 Å². The molecule has 102 valence electrons. The van der Waals surface area contributed by atoms with E-state index < -0.39 is 0 Å². The summed E-state index contributed by atoms with van der Waals surface area (Å²) in [4.78, 5) is 5.90. The molecule has 0 atom stereocenters. The molecule has 0 radical (unpaired) electrons. The second-order valence-electron chi connectivity index (χ2n) is 5.48. The highest BCUT2D eigenvalue weighted by Gasteiger charge is 2.17. The predicted octanol–water partition coefficient (Wildman–Crippen LogP) is 4.23. The van der Waals surface area contributed by atoms with Gasteiger partial charge in [-0.1, -0.05) is 32.9 Å². The molecule has 0 saturated carbocycles. The molecule has 2 aromatic rings. The van der Waals surface area contributed by atoms with Gasteiger partial charge in [0, 0.05) is 21.4 Å². The van der Waals surface area contributed by atoms with E-state index >= 15 is 0 Å². The highest BCUT2D eigenvalue weighted by Crippen LogP contribution is 2.28. The maximum atomic E-state index is 9.00. The van der Waals surface area contributed by atoms with Crippen LogP contribution in [0.2, 0.25) is 0 Å². The van der Waals surface area contributed by atoms with Crippen molar-refractivity contribution in [2.45, 2.75) is 43.4 Å². The second kappa shape index (κ2) is 6.07. The number of thioether (sulfide) groups is 1. The third kappa shape index (κ3) is 4.06. The fraction of sp³-hybridized carbons (Fsp3) is 0.400. The van der Waals surface area contributed by atoms with E-state index in [0.717, 1.165) is 17.0 Å². The summed E-state index contributed by atoms with van der Waals surface area (Å²) in [5.41, 5.74) is 2.23. The van der Waals surface area contributed by atoms with Crippen LogP contribution < -0.4 is 0 Å². The zero-order chi connectivity index (χ0) is 13.9. The topological polar surface area (TPSA) is 33.1 Å². The molecular formula is C15H19NOS2. The monoisotopic (exact) mass is 293 g/mol. The van der Waals surface area contributed by atoms with Gasteiger partial charge < -0.3 is 5.11 Å². The number of benzene rings is 1. The number of nitrogens with zero attached hydrogens (tertiary/aromatic N) is 1. The lowest BCUT2D eigenvalue weighted by molar-refractivity contribution is 0.282. The quantitative estimate of drug-likeness (QED) is 0.857. The molecule has 19 heavy (non-hydrogen) atoms. The van der Waals surface area contributed by atoms with Crippen molar-refractivity contribution in [2.24, 2.45) is 0 Å². The number of aliphatic hydroxyl groups excluding tert-OH is 1. The average molecular weight is 293 g/mol. The summed E-state index contributed by atoms with van der Waals surface area (Å²) in [5.74, 6) is 0.894. The Balaban J connectivity index is 1.96. The summed E-state index contributed by atoms with van der Waals surface area (Å²) >= 11 is 3.52. The van der Waals surface area contributed by atoms with Crippen molar-refractivity contribution >= 4 is 23.1 Å². The number of rotatable bonds is 4. The standard InChI is InChI=1S/C15H19NOS2/c1-15(2,3)14-16-12(10-19-14)9-18-13-6-4-11(8-17)5-7-13/h4-7,10,17H,8-9H2,1-3H3. The molecule has 1 heterocycles. The van der Waals surface area contributed by atoms with Crippen molar-refractivity contribution in [1.29, 1.82) is 0 Å². The van der Waals surface area contributed by atoms with Gasteiger partial charge in [0.1, 0.15) is 0 Å². The van der Waals surface area contributed by atoms with E-state index in [0.29, 0.717) is 0 Å². The van der Waals surface area contributed by atoms with Crippen LogP contribution in [-0.2, 0) is 17.8 Å². The minimum absolute atomic E-state index is 0.103. The van der Waals surface area contributed by atoms with E-state index in [9.17, 15) is 0 Å². The van der Waals surface area contributed by atoms with Gasteiger partial charge in [-0.25, -0.2) is 4.98 Å². The van der Waals surface area contributed by atoms with Crippen LogP contribution in [0.15, 0.2) is 34.5 Å². The zero-order valence-corrected chi connectivity index (χ0v) is 13.1. The first-order valence-corrected chi connectivity index (χ1v) is 8.13. The van der Waals surface area contributed by atoms with Gasteiger partial charge in [0.05, 0.1) is 17.3 Å². The molecule has 1 N–H and O–H groups in total. The van der Waals surface area contributed by atoms with Crippen LogP contribution in [0.1, 0.15) is 37.0 Å². The smallest absolute Gasteiger partial charge is 0.0982 e. The van der Waals surface area contributed by atoms with Crippen molar-refractivity contribution in [3.63, 3.8) is 0 Å². The van der Waals surface area contributed by atoms with Crippen molar-refractivity contribution in [3.8, 4) is 0 Å². The predicted molar refractivity (Wildman–Crippen MR) is 82.7 cm³/mol. The van der Waals surface area contributed by atoms with E-state index in [-0.39, 0.29) is 12.0 Å². The number of hydrogen-bond acceptors (Lipinski definition) is 4. The molecule has 0 aliphatic carbocycles. The molecule has 0 saturated heterocycles. The summed E-state index contributed by atoms with van der Waals surface area (Å²) < 4.78 is 0. The molecule has 4 heteroatoms. The van der Waals surface area contributed by atoms with Crippen molar-refractivity contribution < 1.29 is 5.11 Å². The Kier molecular flexibility index (Phi) is 4.66. The molecule has 0 unspecified atom stereocenters. The molecule has 0 aliphatic heterocycles. The first-order chi connectivity index (χ1) is 8.99. The van der Waals surface area contributed by atoms with E-state index in [1.165, 1.54) is 9.90 Å². The lowest BCUT2D eigenvalue weighted by Gasteiger charge is -2.13. The average Bonchev–Trinajstić information content (AvgIpc) is 2.86. The summed E-state index contributed by atoms with van der Waals surface area (Å²) in [7, 11) is 0. The van der Waals surface area contributed by atoms with Crippen LogP contribution in [0, 0.1) is 0 Å². The minimum Gasteiger partial charge on any atom is -0.392 e. The van der Waals surface area contributed by atoms with Gasteiger partial charge >= 0.3 is 0 Å². The Morgan fingerprint density at radius 3 is 2.42 bits per heavy atom. The number of hydrogen-bond donors (Lipinski definition) is 1. The number of aliphatic hydroxyl groups is 1. The lowest BCUT2D eigenvalue weighted by Crippen LogP contribution is -2.10. The fourth-order valence-corrected chi connectivity index (χ4v) is 3.37. The van der Waals surface area contributed by atoms with Gasteiger partial charge in [0.15, 0.2) is 0 Å². The first kappa shape index (κ1) is 14.6. The van der Waals surface area contributed by atoms with Crippen LogP contribution in [-0.4, -0.2) is 10.1 Å². The molecule has 0 amide bonds. The number of aromatic nitrogens is 1. The van der Waals surface area contributed by atoms with E-state index in [4.69, 9.17) is 5.11 Å². The maximum Gasteiger partial charge on any atom is 0.0982 e. The second-order valence-corrected chi connectivity index (χ2v) is 7.39. The van der Waals surface area contributed by atoms with Gasteiger partial charge in [0.2, 0.25) is 0 Å². The molecule has 0 fully saturated rings. The van der Waals surface area contributed by atoms with Crippen molar-refractivity contribution in [1.82, 2.24) is 4.98 Å². The van der Waals surface area contributed by atoms with Gasteiger partial charge in [0.25, 0.3) is 0 Å². The van der Waals surface area contributed by atoms with Crippen LogP contribution in [0.3, 0.4) is 0 Å². The van der Waals surface area contributed by atoms with Crippen LogP contribution in [0.4, 0.5) is 0 Å². The van der Waals surface area contributed by atoms with Gasteiger partial charge in [-0.15, -0.1) is 23.1 Å². The Morgan fingerprint density at radius 1 is 1.21 bits per heavy atom. The molecule has 1 aromatic carbocycles. The van der Waals surface area contributed by atoms with Crippen LogP contribution in [0.5, 0.6) is 0 Å². The largest absolute Gasteiger partial charge is 0.392 e.